The van der Waals surface area contributed by atoms with Gasteiger partial charge in [0, 0.05) is 40.8 Å². The number of carbonyl (C=O) groups is 1. The largest absolute Gasteiger partial charge is 0.362 e. The minimum atomic E-state index is -0.195. The summed E-state index contributed by atoms with van der Waals surface area (Å²) in [5.41, 5.74) is 1.70. The SMILES string of the molecule is CN(C)c1nc(NC2CCC(N(S)C(=O)Nc3ccc(I)cc3)CC2)nc2ccccc12. The highest BCUT2D eigenvalue weighted by molar-refractivity contribution is 14.1. The normalized spacial score (nSPS) is 18.2. The molecule has 0 unspecified atom stereocenters. The standard InChI is InChI=1S/C23H27IN6OS/c1-29(2)21-19-5-3-4-6-20(19)27-22(28-21)25-16-11-13-18(14-12-16)30(32)23(31)26-17-9-7-15(24)8-10-17/h3-10,16,18,32H,11-14H2,1-2H3,(H,26,31)(H,25,27,28). The number of thiol groups is 1. The van der Waals surface area contributed by atoms with Crippen LogP contribution in [-0.2, 0) is 0 Å². The minimum Gasteiger partial charge on any atom is -0.362 e. The Kier molecular flexibility index (Phi) is 7.24. The van der Waals surface area contributed by atoms with Gasteiger partial charge in [-0.3, -0.25) is 4.31 Å². The van der Waals surface area contributed by atoms with Crippen molar-refractivity contribution in [3.05, 3.63) is 52.1 Å². The highest BCUT2D eigenvalue weighted by Gasteiger charge is 2.28. The Morgan fingerprint density at radius 3 is 2.41 bits per heavy atom. The van der Waals surface area contributed by atoms with Crippen molar-refractivity contribution in [1.29, 1.82) is 0 Å². The number of nitrogens with one attached hydrogen (secondary N) is 2. The maximum atomic E-state index is 12.6. The molecule has 0 spiro atoms. The van der Waals surface area contributed by atoms with Gasteiger partial charge < -0.3 is 15.5 Å². The summed E-state index contributed by atoms with van der Waals surface area (Å²) in [6.45, 7) is 0. The van der Waals surface area contributed by atoms with Crippen LogP contribution in [0, 0.1) is 3.57 Å². The number of fused-ring (bicyclic) bond motifs is 1. The molecular formula is C23H27IN6OS. The molecule has 2 aromatic carbocycles. The van der Waals surface area contributed by atoms with Gasteiger partial charge in [-0.1, -0.05) is 24.9 Å². The molecule has 9 heteroatoms. The molecule has 0 atom stereocenters. The molecule has 7 nitrogen and oxygen atoms in total. The zero-order chi connectivity index (χ0) is 22.7. The molecule has 0 saturated heterocycles. The van der Waals surface area contributed by atoms with E-state index in [1.54, 1.807) is 0 Å². The first-order chi connectivity index (χ1) is 15.4. The summed E-state index contributed by atoms with van der Waals surface area (Å²) in [7, 11) is 3.98. The first-order valence-corrected chi connectivity index (χ1v) is 12.1. The highest BCUT2D eigenvalue weighted by atomic mass is 127. The van der Waals surface area contributed by atoms with Gasteiger partial charge in [-0.25, -0.2) is 9.78 Å². The molecule has 3 aromatic rings. The number of hydrogen-bond donors (Lipinski definition) is 3. The molecule has 0 bridgehead atoms. The monoisotopic (exact) mass is 562 g/mol. The van der Waals surface area contributed by atoms with Crippen molar-refractivity contribution in [1.82, 2.24) is 14.3 Å². The fourth-order valence-corrected chi connectivity index (χ4v) is 4.63. The topological polar surface area (TPSA) is 73.4 Å². The third-order valence-corrected chi connectivity index (χ3v) is 6.91. The molecule has 4 rings (SSSR count). The lowest BCUT2D eigenvalue weighted by Crippen LogP contribution is -2.40. The Labute approximate surface area is 207 Å². The maximum Gasteiger partial charge on any atom is 0.331 e. The Balaban J connectivity index is 1.35. The van der Waals surface area contributed by atoms with Gasteiger partial charge in [-0.15, -0.1) is 0 Å². The van der Waals surface area contributed by atoms with Gasteiger partial charge in [0.2, 0.25) is 5.95 Å². The highest BCUT2D eigenvalue weighted by Crippen LogP contribution is 2.29. The number of nitrogens with zero attached hydrogens (tertiary/aromatic N) is 4. The van der Waals surface area contributed by atoms with Gasteiger partial charge in [0.1, 0.15) is 5.82 Å². The van der Waals surface area contributed by atoms with E-state index >= 15 is 0 Å². The zero-order valence-corrected chi connectivity index (χ0v) is 21.2. The van der Waals surface area contributed by atoms with Gasteiger partial charge in [0.15, 0.2) is 0 Å². The smallest absolute Gasteiger partial charge is 0.331 e. The quantitative estimate of drug-likeness (QED) is 0.287. The van der Waals surface area contributed by atoms with Crippen molar-refractivity contribution in [3.8, 4) is 0 Å². The van der Waals surface area contributed by atoms with Crippen LogP contribution in [0.25, 0.3) is 10.9 Å². The van der Waals surface area contributed by atoms with Gasteiger partial charge in [-0.05, 0) is 84.7 Å². The molecule has 0 radical (unpaired) electrons. The molecule has 1 fully saturated rings. The number of halogens is 1. The van der Waals surface area contributed by atoms with E-state index in [4.69, 9.17) is 9.97 Å². The summed E-state index contributed by atoms with van der Waals surface area (Å²) >= 11 is 6.73. The van der Waals surface area contributed by atoms with Crippen LogP contribution < -0.4 is 15.5 Å². The molecule has 2 N–H and O–H groups in total. The van der Waals surface area contributed by atoms with Crippen LogP contribution in [0.5, 0.6) is 0 Å². The Bertz CT molecular complexity index is 1090. The lowest BCUT2D eigenvalue weighted by molar-refractivity contribution is 0.217. The number of rotatable bonds is 5. The van der Waals surface area contributed by atoms with Crippen LogP contribution in [0.2, 0.25) is 0 Å². The molecule has 1 aromatic heterocycles. The van der Waals surface area contributed by atoms with Gasteiger partial charge >= 0.3 is 6.03 Å². The van der Waals surface area contributed by atoms with Crippen LogP contribution in [0.15, 0.2) is 48.5 Å². The number of amides is 2. The molecule has 1 aliphatic rings. The lowest BCUT2D eigenvalue weighted by atomic mass is 9.91. The number of para-hydroxylation sites is 1. The second-order valence-electron chi connectivity index (χ2n) is 8.21. The molecule has 1 aliphatic carbocycles. The Morgan fingerprint density at radius 1 is 1.03 bits per heavy atom. The third-order valence-electron chi connectivity index (χ3n) is 5.69. The van der Waals surface area contributed by atoms with Crippen LogP contribution in [0.1, 0.15) is 25.7 Å². The summed E-state index contributed by atoms with van der Waals surface area (Å²) in [6.07, 6.45) is 3.59. The van der Waals surface area contributed by atoms with Crippen molar-refractivity contribution in [2.45, 2.75) is 37.8 Å². The number of carbonyl (C=O) groups excluding carboxylic acids is 1. The number of aromatic nitrogens is 2. The van der Waals surface area contributed by atoms with Crippen molar-refractivity contribution in [2.24, 2.45) is 0 Å². The Hall–Kier alpha value is -2.27. The first kappa shape index (κ1) is 22.9. The summed E-state index contributed by atoms with van der Waals surface area (Å²) in [4.78, 5) is 24.1. The van der Waals surface area contributed by atoms with Gasteiger partial charge in [0.05, 0.1) is 5.52 Å². The van der Waals surface area contributed by atoms with Crippen LogP contribution >= 0.6 is 35.4 Å². The second kappa shape index (κ2) is 10.1. The van der Waals surface area contributed by atoms with Crippen LogP contribution in [0.3, 0.4) is 0 Å². The first-order valence-electron chi connectivity index (χ1n) is 10.7. The van der Waals surface area contributed by atoms with Crippen molar-refractivity contribution in [3.63, 3.8) is 0 Å². The zero-order valence-electron chi connectivity index (χ0n) is 18.1. The van der Waals surface area contributed by atoms with E-state index < -0.39 is 0 Å². The van der Waals surface area contributed by atoms with E-state index in [-0.39, 0.29) is 18.1 Å². The average Bonchev–Trinajstić information content (AvgIpc) is 2.80. The summed E-state index contributed by atoms with van der Waals surface area (Å²) in [5, 5.41) is 7.47. The summed E-state index contributed by atoms with van der Waals surface area (Å²) < 4.78 is 2.66. The molecule has 2 amide bonds. The minimum absolute atomic E-state index is 0.0927. The van der Waals surface area contributed by atoms with Crippen molar-refractivity contribution >= 4 is 69.8 Å². The average molecular weight is 562 g/mol. The second-order valence-corrected chi connectivity index (χ2v) is 9.89. The molecule has 0 aliphatic heterocycles. The predicted octanol–water partition coefficient (Wildman–Crippen LogP) is 5.40. The van der Waals surface area contributed by atoms with E-state index in [1.807, 2.05) is 67.5 Å². The fraction of sp³-hybridized carbons (Fsp3) is 0.348. The number of urea groups is 1. The number of anilines is 3. The maximum absolute atomic E-state index is 12.6. The molecule has 1 saturated carbocycles. The summed E-state index contributed by atoms with van der Waals surface area (Å²) in [6, 6.07) is 15.9. The van der Waals surface area contributed by atoms with Crippen molar-refractivity contribution in [2.75, 3.05) is 29.6 Å². The third kappa shape index (κ3) is 5.37. The van der Waals surface area contributed by atoms with E-state index in [9.17, 15) is 4.79 Å². The van der Waals surface area contributed by atoms with Crippen molar-refractivity contribution < 1.29 is 4.79 Å². The lowest BCUT2D eigenvalue weighted by Gasteiger charge is -2.34. The van der Waals surface area contributed by atoms with E-state index in [0.717, 1.165) is 51.7 Å². The summed E-state index contributed by atoms with van der Waals surface area (Å²) in [5.74, 6) is 1.55. The van der Waals surface area contributed by atoms with Gasteiger partial charge in [-0.2, -0.15) is 4.98 Å². The molecule has 32 heavy (non-hydrogen) atoms. The van der Waals surface area contributed by atoms with E-state index in [1.165, 1.54) is 4.31 Å². The predicted molar refractivity (Wildman–Crippen MR) is 143 cm³/mol. The molecule has 168 valence electrons. The van der Waals surface area contributed by atoms with Crippen LogP contribution in [-0.4, -0.2) is 46.5 Å². The number of benzene rings is 2. The van der Waals surface area contributed by atoms with E-state index in [2.05, 4.69) is 46.0 Å². The van der Waals surface area contributed by atoms with E-state index in [0.29, 0.717) is 5.95 Å². The van der Waals surface area contributed by atoms with Crippen LogP contribution in [0.4, 0.5) is 22.2 Å². The molecule has 1 heterocycles. The Morgan fingerprint density at radius 2 is 1.72 bits per heavy atom. The van der Waals surface area contributed by atoms with Gasteiger partial charge in [0.25, 0.3) is 0 Å². The number of hydrogen-bond acceptors (Lipinski definition) is 6. The molecular weight excluding hydrogens is 535 g/mol. The fourth-order valence-electron chi connectivity index (χ4n) is 3.99.